The van der Waals surface area contributed by atoms with E-state index in [2.05, 4.69) is 22.3 Å². The number of nitriles is 2. The van der Waals surface area contributed by atoms with E-state index in [1.54, 1.807) is 0 Å². The highest BCUT2D eigenvalue weighted by molar-refractivity contribution is 5.82. The molecule has 2 aromatic rings. The third-order valence-electron chi connectivity index (χ3n) is 3.89. The summed E-state index contributed by atoms with van der Waals surface area (Å²) in [5.74, 6) is 0. The highest BCUT2D eigenvalue weighted by Crippen LogP contribution is 2.30. The Bertz CT molecular complexity index is 793. The van der Waals surface area contributed by atoms with Crippen LogP contribution in [-0.4, -0.2) is 13.1 Å². The molecule has 0 aliphatic carbocycles. The number of fused-ring (bicyclic) bond motifs is 1. The Kier molecular flexibility index (Phi) is 4.27. The molecule has 4 heteroatoms. The predicted molar refractivity (Wildman–Crippen MR) is 90.1 cm³/mol. The highest BCUT2D eigenvalue weighted by atomic mass is 15.2. The lowest BCUT2D eigenvalue weighted by Gasteiger charge is -2.24. The van der Waals surface area contributed by atoms with E-state index in [4.69, 9.17) is 0 Å². The van der Waals surface area contributed by atoms with Crippen molar-refractivity contribution in [3.8, 4) is 12.1 Å². The molecule has 0 aromatic heterocycles. The Morgan fingerprint density at radius 3 is 2.43 bits per heavy atom. The molecule has 0 atom stereocenters. The Labute approximate surface area is 135 Å². The summed E-state index contributed by atoms with van der Waals surface area (Å²) in [6, 6.07) is 22.2. The third kappa shape index (κ3) is 3.02. The Balaban J connectivity index is 2.05. The Hall–Kier alpha value is -3.24. The molecule has 2 aromatic carbocycles. The van der Waals surface area contributed by atoms with Crippen LogP contribution in [0, 0.1) is 22.7 Å². The minimum Gasteiger partial charge on any atom is -0.381 e. The molecule has 0 bridgehead atoms. The van der Waals surface area contributed by atoms with E-state index in [1.165, 1.54) is 5.56 Å². The van der Waals surface area contributed by atoms with Crippen LogP contribution in [0.15, 0.2) is 60.2 Å². The maximum Gasteiger partial charge on any atom is 0.153 e. The summed E-state index contributed by atoms with van der Waals surface area (Å²) in [6.07, 6.45) is 0. The van der Waals surface area contributed by atoms with Gasteiger partial charge in [0.15, 0.2) is 5.57 Å². The lowest BCUT2D eigenvalue weighted by Crippen LogP contribution is -2.28. The number of hydrogen-bond acceptors (Lipinski definition) is 4. The lowest BCUT2D eigenvalue weighted by molar-refractivity contribution is 0.763. The summed E-state index contributed by atoms with van der Waals surface area (Å²) in [5, 5.41) is 21.7. The molecular weight excluding hydrogens is 284 g/mol. The summed E-state index contributed by atoms with van der Waals surface area (Å²) in [7, 11) is 0. The van der Waals surface area contributed by atoms with Crippen molar-refractivity contribution in [3.63, 3.8) is 0 Å². The molecule has 0 saturated heterocycles. The number of benzene rings is 2. The molecule has 1 heterocycles. The molecule has 4 nitrogen and oxygen atoms in total. The molecule has 1 aliphatic rings. The Morgan fingerprint density at radius 1 is 1.00 bits per heavy atom. The zero-order valence-corrected chi connectivity index (χ0v) is 12.7. The van der Waals surface area contributed by atoms with Gasteiger partial charge in [-0.3, -0.25) is 0 Å². The van der Waals surface area contributed by atoms with Crippen LogP contribution in [0.5, 0.6) is 0 Å². The summed E-state index contributed by atoms with van der Waals surface area (Å²) in [6.45, 7) is 2.28. The topological polar surface area (TPSA) is 62.9 Å². The van der Waals surface area contributed by atoms with Gasteiger partial charge in [-0.25, -0.2) is 0 Å². The van der Waals surface area contributed by atoms with E-state index in [9.17, 15) is 10.5 Å². The minimum atomic E-state index is 0.124. The van der Waals surface area contributed by atoms with Gasteiger partial charge in [0.1, 0.15) is 12.1 Å². The number of nitrogens with zero attached hydrogens (tertiary/aromatic N) is 3. The van der Waals surface area contributed by atoms with Gasteiger partial charge in [-0.2, -0.15) is 10.5 Å². The van der Waals surface area contributed by atoms with E-state index in [1.807, 2.05) is 54.6 Å². The van der Waals surface area contributed by atoms with Gasteiger partial charge < -0.3 is 10.2 Å². The summed E-state index contributed by atoms with van der Waals surface area (Å²) < 4.78 is 0. The van der Waals surface area contributed by atoms with Crippen molar-refractivity contribution < 1.29 is 0 Å². The predicted octanol–water partition coefficient (Wildman–Crippen LogP) is 3.05. The number of para-hydroxylation sites is 1. The van der Waals surface area contributed by atoms with Crippen LogP contribution in [0.1, 0.15) is 11.1 Å². The van der Waals surface area contributed by atoms with Crippen molar-refractivity contribution >= 4 is 11.4 Å². The van der Waals surface area contributed by atoms with Gasteiger partial charge in [0.05, 0.1) is 5.70 Å². The van der Waals surface area contributed by atoms with Crippen LogP contribution in [0.4, 0.5) is 5.69 Å². The van der Waals surface area contributed by atoms with Gasteiger partial charge >= 0.3 is 0 Å². The highest BCUT2D eigenvalue weighted by Gasteiger charge is 2.20. The molecule has 0 amide bonds. The lowest BCUT2D eigenvalue weighted by atomic mass is 10.0. The van der Waals surface area contributed by atoms with Crippen LogP contribution in [0.3, 0.4) is 0 Å². The smallest absolute Gasteiger partial charge is 0.153 e. The maximum atomic E-state index is 9.21. The molecule has 112 valence electrons. The van der Waals surface area contributed by atoms with Gasteiger partial charge in [0, 0.05) is 30.9 Å². The quantitative estimate of drug-likeness (QED) is 0.866. The van der Waals surface area contributed by atoms with Crippen molar-refractivity contribution in [2.75, 3.05) is 18.0 Å². The van der Waals surface area contributed by atoms with Crippen LogP contribution in [0.2, 0.25) is 0 Å². The fourth-order valence-corrected chi connectivity index (χ4v) is 2.82. The van der Waals surface area contributed by atoms with E-state index < -0.39 is 0 Å². The first kappa shape index (κ1) is 14.7. The van der Waals surface area contributed by atoms with Crippen molar-refractivity contribution in [3.05, 3.63) is 71.3 Å². The summed E-state index contributed by atoms with van der Waals surface area (Å²) >= 11 is 0. The first-order valence-corrected chi connectivity index (χ1v) is 7.50. The van der Waals surface area contributed by atoms with Gasteiger partial charge in [-0.15, -0.1) is 0 Å². The van der Waals surface area contributed by atoms with Gasteiger partial charge in [-0.05, 0) is 11.6 Å². The molecule has 0 saturated carbocycles. The summed E-state index contributed by atoms with van der Waals surface area (Å²) in [5.41, 5.74) is 3.93. The minimum absolute atomic E-state index is 0.124. The average Bonchev–Trinajstić information content (AvgIpc) is 2.78. The molecular formula is C19H16N4. The third-order valence-corrected chi connectivity index (χ3v) is 3.89. The molecule has 23 heavy (non-hydrogen) atoms. The second-order valence-electron chi connectivity index (χ2n) is 5.32. The van der Waals surface area contributed by atoms with E-state index >= 15 is 0 Å². The standard InChI is InChI=1S/C19H16N4/c20-12-16(13-21)19-17-8-4-5-9-18(17)23(11-10-22-19)14-15-6-2-1-3-7-15/h1-9,22H,10-11,14H2. The number of nitrogens with one attached hydrogen (secondary N) is 1. The van der Waals surface area contributed by atoms with Crippen molar-refractivity contribution in [1.82, 2.24) is 5.32 Å². The zero-order valence-electron chi connectivity index (χ0n) is 12.7. The van der Waals surface area contributed by atoms with Crippen LogP contribution >= 0.6 is 0 Å². The largest absolute Gasteiger partial charge is 0.381 e. The fourth-order valence-electron chi connectivity index (χ4n) is 2.82. The maximum absolute atomic E-state index is 9.21. The first-order valence-electron chi connectivity index (χ1n) is 7.50. The van der Waals surface area contributed by atoms with Crippen LogP contribution < -0.4 is 10.2 Å². The normalized spacial score (nSPS) is 13.1. The van der Waals surface area contributed by atoms with E-state index in [-0.39, 0.29) is 5.57 Å². The summed E-state index contributed by atoms with van der Waals surface area (Å²) in [4.78, 5) is 2.27. The van der Waals surface area contributed by atoms with Crippen LogP contribution in [-0.2, 0) is 6.54 Å². The average molecular weight is 300 g/mol. The second kappa shape index (κ2) is 6.68. The molecule has 0 radical (unpaired) electrons. The molecule has 1 aliphatic heterocycles. The van der Waals surface area contributed by atoms with Crippen molar-refractivity contribution in [1.29, 1.82) is 10.5 Å². The van der Waals surface area contributed by atoms with Gasteiger partial charge in [0.2, 0.25) is 0 Å². The second-order valence-corrected chi connectivity index (χ2v) is 5.32. The molecule has 3 rings (SSSR count). The van der Waals surface area contributed by atoms with E-state index in [0.717, 1.165) is 24.3 Å². The molecule has 0 unspecified atom stereocenters. The Morgan fingerprint density at radius 2 is 1.70 bits per heavy atom. The molecule has 1 N–H and O–H groups in total. The fraction of sp³-hybridized carbons (Fsp3) is 0.158. The zero-order chi connectivity index (χ0) is 16.1. The van der Waals surface area contributed by atoms with Gasteiger partial charge in [0.25, 0.3) is 0 Å². The number of hydrogen-bond donors (Lipinski definition) is 1. The molecule has 0 fully saturated rings. The monoisotopic (exact) mass is 300 g/mol. The first-order chi connectivity index (χ1) is 11.3. The van der Waals surface area contributed by atoms with E-state index in [0.29, 0.717) is 12.2 Å². The van der Waals surface area contributed by atoms with Crippen LogP contribution in [0.25, 0.3) is 5.70 Å². The number of rotatable bonds is 2. The number of anilines is 1. The van der Waals surface area contributed by atoms with Gasteiger partial charge in [-0.1, -0.05) is 48.5 Å². The van der Waals surface area contributed by atoms with Crippen molar-refractivity contribution in [2.45, 2.75) is 6.54 Å². The van der Waals surface area contributed by atoms with Crippen molar-refractivity contribution in [2.24, 2.45) is 0 Å². The molecule has 0 spiro atoms. The number of allylic oxidation sites excluding steroid dienone is 1. The SMILES string of the molecule is N#CC(C#N)=C1NCCN(Cc2ccccc2)c2ccccc21.